The molecule has 0 aliphatic rings. The number of hydrogen-bond donors (Lipinski definition) is 1. The monoisotopic (exact) mass is 280 g/mol. The van der Waals surface area contributed by atoms with Crippen molar-refractivity contribution in [3.63, 3.8) is 0 Å². The molecule has 1 heterocycles. The first kappa shape index (κ1) is 13.2. The zero-order chi connectivity index (χ0) is 14.8. The molecule has 2 aromatic carbocycles. The second-order valence-corrected chi connectivity index (χ2v) is 4.95. The Balaban J connectivity index is 2.00. The van der Waals surface area contributed by atoms with Gasteiger partial charge in [-0.25, -0.2) is 4.79 Å². The fourth-order valence-electron chi connectivity index (χ4n) is 2.45. The number of benzene rings is 2. The predicted octanol–water partition coefficient (Wildman–Crippen LogP) is 3.06. The summed E-state index contributed by atoms with van der Waals surface area (Å²) in [4.78, 5) is 11.6. The number of fused-ring (bicyclic) bond motifs is 1. The van der Waals surface area contributed by atoms with Crippen LogP contribution in [0.25, 0.3) is 10.9 Å². The van der Waals surface area contributed by atoms with Gasteiger partial charge < -0.3 is 15.0 Å². The van der Waals surface area contributed by atoms with Gasteiger partial charge in [-0.05, 0) is 41.3 Å². The molecule has 3 rings (SSSR count). The van der Waals surface area contributed by atoms with Crippen molar-refractivity contribution < 1.29 is 9.53 Å². The molecular weight excluding hydrogens is 264 g/mol. The van der Waals surface area contributed by atoms with E-state index in [1.54, 1.807) is 6.07 Å². The van der Waals surface area contributed by atoms with Gasteiger partial charge in [-0.15, -0.1) is 0 Å². The van der Waals surface area contributed by atoms with Gasteiger partial charge in [0.1, 0.15) is 0 Å². The third kappa shape index (κ3) is 2.60. The van der Waals surface area contributed by atoms with Gasteiger partial charge in [0, 0.05) is 23.9 Å². The van der Waals surface area contributed by atoms with E-state index in [1.165, 1.54) is 7.11 Å². The van der Waals surface area contributed by atoms with Gasteiger partial charge in [-0.2, -0.15) is 0 Å². The summed E-state index contributed by atoms with van der Waals surface area (Å²) in [5, 5.41) is 1.09. The van der Waals surface area contributed by atoms with E-state index >= 15 is 0 Å². The summed E-state index contributed by atoms with van der Waals surface area (Å²) in [6.45, 7) is 0.708. The predicted molar refractivity (Wildman–Crippen MR) is 83.2 cm³/mol. The van der Waals surface area contributed by atoms with Crippen LogP contribution in [-0.2, 0) is 11.3 Å². The van der Waals surface area contributed by atoms with Crippen LogP contribution in [0.15, 0.2) is 54.7 Å². The number of aromatic nitrogens is 1. The minimum Gasteiger partial charge on any atom is -0.465 e. The fourth-order valence-corrected chi connectivity index (χ4v) is 2.45. The summed E-state index contributed by atoms with van der Waals surface area (Å²) in [5.74, 6) is -0.325. The minimum absolute atomic E-state index is 0.325. The molecule has 0 fully saturated rings. The van der Waals surface area contributed by atoms with Gasteiger partial charge >= 0.3 is 5.97 Å². The molecule has 4 nitrogen and oxygen atoms in total. The van der Waals surface area contributed by atoms with E-state index in [2.05, 4.69) is 4.57 Å². The van der Waals surface area contributed by atoms with E-state index in [4.69, 9.17) is 10.5 Å². The molecule has 21 heavy (non-hydrogen) atoms. The van der Waals surface area contributed by atoms with Crippen molar-refractivity contribution >= 4 is 22.6 Å². The first-order valence-electron chi connectivity index (χ1n) is 6.69. The van der Waals surface area contributed by atoms with Crippen LogP contribution in [0.2, 0.25) is 0 Å². The number of nitrogens with two attached hydrogens (primary N) is 1. The van der Waals surface area contributed by atoms with Crippen molar-refractivity contribution in [1.29, 1.82) is 0 Å². The maximum atomic E-state index is 11.6. The molecule has 0 spiro atoms. The van der Waals surface area contributed by atoms with Gasteiger partial charge in [0.2, 0.25) is 0 Å². The molecule has 0 bridgehead atoms. The molecule has 106 valence electrons. The molecule has 4 heteroatoms. The Hall–Kier alpha value is -2.75. The molecule has 2 N–H and O–H groups in total. The second kappa shape index (κ2) is 5.32. The van der Waals surface area contributed by atoms with E-state index in [0.29, 0.717) is 12.1 Å². The molecule has 0 radical (unpaired) electrons. The van der Waals surface area contributed by atoms with Crippen molar-refractivity contribution in [1.82, 2.24) is 4.57 Å². The van der Waals surface area contributed by atoms with Crippen molar-refractivity contribution in [2.45, 2.75) is 6.54 Å². The van der Waals surface area contributed by atoms with Gasteiger partial charge in [-0.1, -0.05) is 18.2 Å². The minimum atomic E-state index is -0.325. The highest BCUT2D eigenvalue weighted by atomic mass is 16.5. The Bertz CT molecular complexity index is 805. The average Bonchev–Trinajstić information content (AvgIpc) is 2.89. The lowest BCUT2D eigenvalue weighted by Crippen LogP contribution is -2.02. The topological polar surface area (TPSA) is 57.2 Å². The van der Waals surface area contributed by atoms with Crippen LogP contribution < -0.4 is 5.73 Å². The standard InChI is InChI=1S/C17H16N2O2/c1-21-17(20)14-6-5-13-7-8-19(16(13)10-14)11-12-3-2-4-15(18)9-12/h2-10H,11,18H2,1H3. The lowest BCUT2D eigenvalue weighted by Gasteiger charge is -2.07. The van der Waals surface area contributed by atoms with Crippen LogP contribution in [-0.4, -0.2) is 17.6 Å². The quantitative estimate of drug-likeness (QED) is 0.592. The SMILES string of the molecule is COC(=O)c1ccc2ccn(Cc3cccc(N)c3)c2c1. The van der Waals surface area contributed by atoms with Gasteiger partial charge in [0.25, 0.3) is 0 Å². The zero-order valence-electron chi connectivity index (χ0n) is 11.7. The maximum absolute atomic E-state index is 11.6. The Kier molecular flexibility index (Phi) is 3.36. The van der Waals surface area contributed by atoms with E-state index in [0.717, 1.165) is 22.2 Å². The summed E-state index contributed by atoms with van der Waals surface area (Å²) in [6, 6.07) is 15.4. The Morgan fingerprint density at radius 3 is 2.81 bits per heavy atom. The average molecular weight is 280 g/mol. The van der Waals surface area contributed by atoms with Crippen LogP contribution in [0, 0.1) is 0 Å². The number of ether oxygens (including phenoxy) is 1. The molecular formula is C17H16N2O2. The first-order valence-corrected chi connectivity index (χ1v) is 6.69. The molecule has 0 saturated carbocycles. The van der Waals surface area contributed by atoms with Crippen molar-refractivity contribution in [3.05, 3.63) is 65.9 Å². The highest BCUT2D eigenvalue weighted by molar-refractivity contribution is 5.94. The van der Waals surface area contributed by atoms with E-state index < -0.39 is 0 Å². The molecule has 3 aromatic rings. The lowest BCUT2D eigenvalue weighted by molar-refractivity contribution is 0.0601. The van der Waals surface area contributed by atoms with Crippen molar-refractivity contribution in [2.24, 2.45) is 0 Å². The zero-order valence-corrected chi connectivity index (χ0v) is 11.7. The Morgan fingerprint density at radius 2 is 2.05 bits per heavy atom. The molecule has 0 aliphatic heterocycles. The van der Waals surface area contributed by atoms with Gasteiger partial charge in [0.15, 0.2) is 0 Å². The number of rotatable bonds is 3. The number of nitrogens with zero attached hydrogens (tertiary/aromatic N) is 1. The van der Waals surface area contributed by atoms with Crippen LogP contribution >= 0.6 is 0 Å². The maximum Gasteiger partial charge on any atom is 0.337 e. The van der Waals surface area contributed by atoms with Crippen molar-refractivity contribution in [3.8, 4) is 0 Å². The number of nitrogen functional groups attached to an aromatic ring is 1. The first-order chi connectivity index (χ1) is 10.2. The number of anilines is 1. The third-order valence-corrected chi connectivity index (χ3v) is 3.50. The van der Waals surface area contributed by atoms with Gasteiger partial charge in [0.05, 0.1) is 12.7 Å². The summed E-state index contributed by atoms with van der Waals surface area (Å²) >= 11 is 0. The largest absolute Gasteiger partial charge is 0.465 e. The van der Waals surface area contributed by atoms with Crippen LogP contribution in [0.5, 0.6) is 0 Å². The summed E-state index contributed by atoms with van der Waals surface area (Å²) in [7, 11) is 1.39. The number of carbonyl (C=O) groups is 1. The summed E-state index contributed by atoms with van der Waals surface area (Å²) in [6.07, 6.45) is 2.01. The number of hydrogen-bond acceptors (Lipinski definition) is 3. The molecule has 0 aliphatic carbocycles. The van der Waals surface area contributed by atoms with Crippen LogP contribution in [0.1, 0.15) is 15.9 Å². The second-order valence-electron chi connectivity index (χ2n) is 4.95. The van der Waals surface area contributed by atoms with E-state index in [9.17, 15) is 4.79 Å². The summed E-state index contributed by atoms with van der Waals surface area (Å²) < 4.78 is 6.86. The fraction of sp³-hybridized carbons (Fsp3) is 0.118. The van der Waals surface area contributed by atoms with Crippen LogP contribution in [0.4, 0.5) is 5.69 Å². The highest BCUT2D eigenvalue weighted by Gasteiger charge is 2.08. The number of methoxy groups -OCH3 is 1. The highest BCUT2D eigenvalue weighted by Crippen LogP contribution is 2.20. The van der Waals surface area contributed by atoms with Crippen molar-refractivity contribution in [2.75, 3.05) is 12.8 Å². The van der Waals surface area contributed by atoms with E-state index in [-0.39, 0.29) is 5.97 Å². The molecule has 0 saturated heterocycles. The number of esters is 1. The van der Waals surface area contributed by atoms with Crippen LogP contribution in [0.3, 0.4) is 0 Å². The lowest BCUT2D eigenvalue weighted by atomic mass is 10.1. The summed E-state index contributed by atoms with van der Waals surface area (Å²) in [5.41, 5.74) is 9.24. The van der Waals surface area contributed by atoms with Gasteiger partial charge in [-0.3, -0.25) is 0 Å². The molecule has 1 aromatic heterocycles. The Morgan fingerprint density at radius 1 is 1.19 bits per heavy atom. The molecule has 0 amide bonds. The molecule has 0 atom stereocenters. The normalized spacial score (nSPS) is 10.7. The third-order valence-electron chi connectivity index (χ3n) is 3.50. The molecule has 0 unspecified atom stereocenters. The smallest absolute Gasteiger partial charge is 0.337 e. The van der Waals surface area contributed by atoms with E-state index in [1.807, 2.05) is 48.7 Å². The Labute approximate surface area is 122 Å². The number of carbonyl (C=O) groups excluding carboxylic acids is 1.